The number of hydrogen-bond acceptors (Lipinski definition) is 2. The second-order valence-corrected chi connectivity index (χ2v) is 6.55. The summed E-state index contributed by atoms with van der Waals surface area (Å²) in [4.78, 5) is 15.4. The Hall–Kier alpha value is -3.12. The van der Waals surface area contributed by atoms with Gasteiger partial charge >= 0.3 is 0 Å². The third-order valence-corrected chi connectivity index (χ3v) is 4.51. The van der Waals surface area contributed by atoms with Crippen LogP contribution in [0, 0.1) is 39.0 Å². The molecular formula is C22H20N2O. The third-order valence-electron chi connectivity index (χ3n) is 4.51. The van der Waals surface area contributed by atoms with Gasteiger partial charge in [0.15, 0.2) is 0 Å². The van der Waals surface area contributed by atoms with Gasteiger partial charge in [-0.2, -0.15) is 5.26 Å². The fourth-order valence-corrected chi connectivity index (χ4v) is 3.08. The molecule has 0 amide bonds. The van der Waals surface area contributed by atoms with Gasteiger partial charge in [0.05, 0.1) is 0 Å². The van der Waals surface area contributed by atoms with Crippen LogP contribution in [-0.4, -0.2) is 4.98 Å². The molecule has 0 aliphatic carbocycles. The van der Waals surface area contributed by atoms with Crippen molar-refractivity contribution in [3.63, 3.8) is 0 Å². The van der Waals surface area contributed by atoms with Crippen molar-refractivity contribution < 1.29 is 0 Å². The predicted molar refractivity (Wildman–Crippen MR) is 102 cm³/mol. The van der Waals surface area contributed by atoms with Gasteiger partial charge in [0.1, 0.15) is 11.6 Å². The standard InChI is InChI=1S/C22H20N2O/c1-13-5-7-15(3)17(9-13)19-11-21(24-22(25)20(19)12-23)18-10-14(2)6-8-16(18)4/h5-11H,1-4H3,(H,24,25). The molecule has 0 aliphatic rings. The van der Waals surface area contributed by atoms with Crippen LogP contribution in [0.5, 0.6) is 0 Å². The van der Waals surface area contributed by atoms with Gasteiger partial charge in [-0.05, 0) is 56.5 Å². The number of benzene rings is 2. The lowest BCUT2D eigenvalue weighted by Gasteiger charge is -2.13. The van der Waals surface area contributed by atoms with E-state index in [0.29, 0.717) is 5.56 Å². The molecule has 2 aromatic carbocycles. The first-order valence-electron chi connectivity index (χ1n) is 8.23. The van der Waals surface area contributed by atoms with Gasteiger partial charge in [-0.25, -0.2) is 0 Å². The van der Waals surface area contributed by atoms with Gasteiger partial charge in [0.25, 0.3) is 5.56 Å². The van der Waals surface area contributed by atoms with E-state index in [4.69, 9.17) is 0 Å². The van der Waals surface area contributed by atoms with Crippen LogP contribution in [0.4, 0.5) is 0 Å². The molecule has 0 spiro atoms. The smallest absolute Gasteiger partial charge is 0.266 e. The SMILES string of the molecule is Cc1ccc(C)c(-c2cc(-c3cc(C)ccc3C)c(C#N)c(=O)[nH]2)c1. The van der Waals surface area contributed by atoms with Crippen molar-refractivity contribution >= 4 is 0 Å². The number of aryl methyl sites for hydroxylation is 4. The molecule has 0 saturated heterocycles. The largest absolute Gasteiger partial charge is 0.321 e. The number of nitrogens with one attached hydrogen (secondary N) is 1. The topological polar surface area (TPSA) is 56.6 Å². The van der Waals surface area contributed by atoms with Crippen molar-refractivity contribution in [3.8, 4) is 28.5 Å². The molecule has 0 saturated carbocycles. The summed E-state index contributed by atoms with van der Waals surface area (Å²) in [6.45, 7) is 8.04. The summed E-state index contributed by atoms with van der Waals surface area (Å²) >= 11 is 0. The van der Waals surface area contributed by atoms with Crippen molar-refractivity contribution in [2.45, 2.75) is 27.7 Å². The molecule has 0 aliphatic heterocycles. The molecule has 3 heteroatoms. The Bertz CT molecular complexity index is 1070. The minimum atomic E-state index is -0.350. The molecule has 0 radical (unpaired) electrons. The monoisotopic (exact) mass is 328 g/mol. The molecular weight excluding hydrogens is 308 g/mol. The molecule has 1 heterocycles. The van der Waals surface area contributed by atoms with E-state index in [2.05, 4.69) is 17.1 Å². The van der Waals surface area contributed by atoms with E-state index in [1.807, 2.05) is 64.1 Å². The Morgan fingerprint density at radius 2 is 1.36 bits per heavy atom. The number of aromatic amines is 1. The van der Waals surface area contributed by atoms with E-state index in [1.54, 1.807) is 0 Å². The molecule has 25 heavy (non-hydrogen) atoms. The molecule has 0 atom stereocenters. The van der Waals surface area contributed by atoms with Gasteiger partial charge in [-0.15, -0.1) is 0 Å². The summed E-state index contributed by atoms with van der Waals surface area (Å²) in [6.07, 6.45) is 0. The third kappa shape index (κ3) is 3.12. The Balaban J connectivity index is 2.35. The fraction of sp³-hybridized carbons (Fsp3) is 0.182. The molecule has 124 valence electrons. The van der Waals surface area contributed by atoms with Crippen LogP contribution >= 0.6 is 0 Å². The van der Waals surface area contributed by atoms with Crippen LogP contribution in [0.15, 0.2) is 47.3 Å². The van der Waals surface area contributed by atoms with Crippen molar-refractivity contribution in [1.82, 2.24) is 4.98 Å². The van der Waals surface area contributed by atoms with Crippen molar-refractivity contribution in [2.75, 3.05) is 0 Å². The fourth-order valence-electron chi connectivity index (χ4n) is 3.08. The number of rotatable bonds is 2. The summed E-state index contributed by atoms with van der Waals surface area (Å²) < 4.78 is 0. The maximum Gasteiger partial charge on any atom is 0.266 e. The highest BCUT2D eigenvalue weighted by Crippen LogP contribution is 2.30. The molecule has 3 aromatic rings. The van der Waals surface area contributed by atoms with Crippen molar-refractivity contribution in [2.24, 2.45) is 0 Å². The zero-order chi connectivity index (χ0) is 18.1. The molecule has 0 unspecified atom stereocenters. The second-order valence-electron chi connectivity index (χ2n) is 6.55. The lowest BCUT2D eigenvalue weighted by Crippen LogP contribution is -2.13. The van der Waals surface area contributed by atoms with Crippen LogP contribution in [0.3, 0.4) is 0 Å². The van der Waals surface area contributed by atoms with Crippen LogP contribution < -0.4 is 5.56 Å². The Kier molecular flexibility index (Phi) is 4.29. The highest BCUT2D eigenvalue weighted by Gasteiger charge is 2.15. The molecule has 0 fully saturated rings. The first-order valence-corrected chi connectivity index (χ1v) is 8.23. The van der Waals surface area contributed by atoms with Gasteiger partial charge in [0, 0.05) is 16.8 Å². The second kappa shape index (κ2) is 6.41. The Labute approximate surface area is 147 Å². The van der Waals surface area contributed by atoms with Gasteiger partial charge in [-0.3, -0.25) is 4.79 Å². The maximum absolute atomic E-state index is 12.6. The lowest BCUT2D eigenvalue weighted by molar-refractivity contribution is 1.20. The van der Waals surface area contributed by atoms with E-state index in [0.717, 1.165) is 39.1 Å². The van der Waals surface area contributed by atoms with Gasteiger partial charge in [-0.1, -0.05) is 41.5 Å². The van der Waals surface area contributed by atoms with Crippen LogP contribution in [0.1, 0.15) is 27.8 Å². The zero-order valence-electron chi connectivity index (χ0n) is 14.9. The summed E-state index contributed by atoms with van der Waals surface area (Å²) in [5.41, 5.74) is 7.47. The quantitative estimate of drug-likeness (QED) is 0.733. The average molecular weight is 328 g/mol. The zero-order valence-corrected chi connectivity index (χ0v) is 14.9. The van der Waals surface area contributed by atoms with Crippen LogP contribution in [0.2, 0.25) is 0 Å². The van der Waals surface area contributed by atoms with Crippen LogP contribution in [0.25, 0.3) is 22.4 Å². The number of nitrogens with zero attached hydrogens (tertiary/aromatic N) is 1. The Morgan fingerprint density at radius 1 is 0.800 bits per heavy atom. The van der Waals surface area contributed by atoms with E-state index >= 15 is 0 Å². The van der Waals surface area contributed by atoms with Crippen molar-refractivity contribution in [3.05, 3.63) is 80.6 Å². The molecule has 0 bridgehead atoms. The van der Waals surface area contributed by atoms with E-state index < -0.39 is 0 Å². The first kappa shape index (κ1) is 16.7. The van der Waals surface area contributed by atoms with E-state index in [-0.39, 0.29) is 11.1 Å². The van der Waals surface area contributed by atoms with Gasteiger partial charge < -0.3 is 4.98 Å². The molecule has 3 rings (SSSR count). The summed E-state index contributed by atoms with van der Waals surface area (Å²) in [5, 5.41) is 9.51. The summed E-state index contributed by atoms with van der Waals surface area (Å²) in [5.74, 6) is 0. The summed E-state index contributed by atoms with van der Waals surface area (Å²) in [6, 6.07) is 16.2. The van der Waals surface area contributed by atoms with E-state index in [9.17, 15) is 10.1 Å². The summed E-state index contributed by atoms with van der Waals surface area (Å²) in [7, 11) is 0. The number of H-pyrrole nitrogens is 1. The maximum atomic E-state index is 12.6. The number of aromatic nitrogens is 1. The molecule has 3 nitrogen and oxygen atoms in total. The lowest BCUT2D eigenvalue weighted by atomic mass is 9.93. The average Bonchev–Trinajstić information content (AvgIpc) is 2.58. The molecule has 1 aromatic heterocycles. The minimum Gasteiger partial charge on any atom is -0.321 e. The van der Waals surface area contributed by atoms with E-state index in [1.165, 1.54) is 0 Å². The Morgan fingerprint density at radius 3 is 1.96 bits per heavy atom. The number of nitriles is 1. The first-order chi connectivity index (χ1) is 11.9. The predicted octanol–water partition coefficient (Wildman–Crippen LogP) is 4.81. The highest BCUT2D eigenvalue weighted by molar-refractivity contribution is 5.78. The minimum absolute atomic E-state index is 0.155. The number of pyridine rings is 1. The van der Waals surface area contributed by atoms with Crippen LogP contribution in [-0.2, 0) is 0 Å². The number of hydrogen-bond donors (Lipinski definition) is 1. The van der Waals surface area contributed by atoms with Gasteiger partial charge in [0.2, 0.25) is 0 Å². The highest BCUT2D eigenvalue weighted by atomic mass is 16.1. The normalized spacial score (nSPS) is 10.5. The molecule has 1 N–H and O–H groups in total. The van der Waals surface area contributed by atoms with Crippen molar-refractivity contribution in [1.29, 1.82) is 5.26 Å².